The summed E-state index contributed by atoms with van der Waals surface area (Å²) in [6, 6.07) is 5.27. The fourth-order valence-corrected chi connectivity index (χ4v) is 1.98. The topological polar surface area (TPSA) is 72.0 Å². The molecule has 0 spiro atoms. The van der Waals surface area contributed by atoms with Gasteiger partial charge in [-0.05, 0) is 38.0 Å². The first kappa shape index (κ1) is 16.3. The van der Waals surface area contributed by atoms with E-state index in [1.807, 2.05) is 0 Å². The molecule has 1 saturated carbocycles. The van der Waals surface area contributed by atoms with E-state index in [1.165, 1.54) is 12.1 Å². The number of anilines is 3. The minimum Gasteiger partial charge on any atom is -0.464 e. The smallest absolute Gasteiger partial charge is 0.416 e. The van der Waals surface area contributed by atoms with Gasteiger partial charge < -0.3 is 15.4 Å². The van der Waals surface area contributed by atoms with Gasteiger partial charge in [0.25, 0.3) is 0 Å². The van der Waals surface area contributed by atoms with E-state index in [9.17, 15) is 13.2 Å². The molecule has 0 amide bonds. The highest BCUT2D eigenvalue weighted by molar-refractivity contribution is 5.56. The molecule has 6 nitrogen and oxygen atoms in total. The molecular weight excluding hydrogens is 323 g/mol. The summed E-state index contributed by atoms with van der Waals surface area (Å²) in [5.74, 6) is 0.460. The number of aromatic nitrogens is 3. The van der Waals surface area contributed by atoms with Crippen molar-refractivity contribution in [2.24, 2.45) is 0 Å². The lowest BCUT2D eigenvalue weighted by atomic mass is 10.2. The number of ether oxygens (including phenoxy) is 1. The number of halogens is 3. The molecule has 1 aromatic heterocycles. The van der Waals surface area contributed by atoms with Gasteiger partial charge >= 0.3 is 12.2 Å². The third-order valence-corrected chi connectivity index (χ3v) is 3.24. The van der Waals surface area contributed by atoms with Crippen LogP contribution in [0, 0.1) is 0 Å². The quantitative estimate of drug-likeness (QED) is 0.838. The van der Waals surface area contributed by atoms with Crippen molar-refractivity contribution in [2.75, 3.05) is 17.2 Å². The average molecular weight is 339 g/mol. The second kappa shape index (κ2) is 6.50. The Kier molecular flexibility index (Phi) is 4.41. The van der Waals surface area contributed by atoms with Crippen molar-refractivity contribution in [3.63, 3.8) is 0 Å². The summed E-state index contributed by atoms with van der Waals surface area (Å²) in [5.41, 5.74) is -0.515. The fraction of sp³-hybridized carbons (Fsp3) is 0.400. The summed E-state index contributed by atoms with van der Waals surface area (Å²) in [4.78, 5) is 12.4. The molecule has 0 radical (unpaired) electrons. The van der Waals surface area contributed by atoms with Crippen LogP contribution in [0.1, 0.15) is 25.3 Å². The summed E-state index contributed by atoms with van der Waals surface area (Å²) in [6.45, 7) is 2.16. The summed E-state index contributed by atoms with van der Waals surface area (Å²) >= 11 is 0. The van der Waals surface area contributed by atoms with E-state index >= 15 is 0 Å². The van der Waals surface area contributed by atoms with Crippen LogP contribution in [0.4, 0.5) is 30.8 Å². The van der Waals surface area contributed by atoms with Crippen molar-refractivity contribution >= 4 is 17.6 Å². The first-order chi connectivity index (χ1) is 11.4. The molecule has 0 unspecified atom stereocenters. The first-order valence-corrected chi connectivity index (χ1v) is 7.54. The predicted octanol–water partition coefficient (Wildman–Crippen LogP) is 3.61. The van der Waals surface area contributed by atoms with Gasteiger partial charge in [-0.3, -0.25) is 0 Å². The Morgan fingerprint density at radius 2 is 1.92 bits per heavy atom. The van der Waals surface area contributed by atoms with Crippen LogP contribution in [0.2, 0.25) is 0 Å². The lowest BCUT2D eigenvalue weighted by Crippen LogP contribution is -2.11. The number of hydrogen-bond acceptors (Lipinski definition) is 6. The maximum atomic E-state index is 12.8. The normalized spacial score (nSPS) is 14.3. The molecule has 1 fully saturated rings. The van der Waals surface area contributed by atoms with Crippen LogP contribution < -0.4 is 15.4 Å². The first-order valence-electron chi connectivity index (χ1n) is 7.54. The van der Waals surface area contributed by atoms with Crippen LogP contribution in [-0.2, 0) is 6.18 Å². The largest absolute Gasteiger partial charge is 0.464 e. The summed E-state index contributed by atoms with van der Waals surface area (Å²) in [7, 11) is 0. The lowest BCUT2D eigenvalue weighted by molar-refractivity contribution is -0.137. The van der Waals surface area contributed by atoms with Crippen LogP contribution in [0.25, 0.3) is 0 Å². The molecule has 0 atom stereocenters. The van der Waals surface area contributed by atoms with E-state index in [-0.39, 0.29) is 17.6 Å². The van der Waals surface area contributed by atoms with Crippen molar-refractivity contribution in [2.45, 2.75) is 32.0 Å². The molecule has 1 aromatic carbocycles. The van der Waals surface area contributed by atoms with E-state index in [1.54, 1.807) is 6.92 Å². The van der Waals surface area contributed by atoms with Crippen molar-refractivity contribution in [1.29, 1.82) is 0 Å². The second-order valence-corrected chi connectivity index (χ2v) is 5.32. The summed E-state index contributed by atoms with van der Waals surface area (Å²) < 4.78 is 43.6. The molecule has 3 rings (SSSR count). The van der Waals surface area contributed by atoms with Gasteiger partial charge in [-0.15, -0.1) is 0 Å². The van der Waals surface area contributed by atoms with E-state index in [2.05, 4.69) is 25.6 Å². The monoisotopic (exact) mass is 339 g/mol. The van der Waals surface area contributed by atoms with Gasteiger partial charge in [-0.25, -0.2) is 0 Å². The molecule has 1 aliphatic rings. The van der Waals surface area contributed by atoms with E-state index < -0.39 is 11.7 Å². The number of nitrogens with zero attached hydrogens (tertiary/aromatic N) is 3. The number of nitrogens with one attached hydrogen (secondary N) is 2. The van der Waals surface area contributed by atoms with Crippen molar-refractivity contribution in [3.8, 4) is 6.01 Å². The highest BCUT2D eigenvalue weighted by Gasteiger charge is 2.30. The molecular formula is C15H16F3N5O. The maximum Gasteiger partial charge on any atom is 0.416 e. The minimum absolute atomic E-state index is 0.116. The van der Waals surface area contributed by atoms with Crippen molar-refractivity contribution in [1.82, 2.24) is 15.0 Å². The second-order valence-electron chi connectivity index (χ2n) is 5.32. The Hall–Kier alpha value is -2.58. The standard InChI is InChI=1S/C15H16F3N5O/c1-2-24-14-22-12(19-10-6-7-10)21-13(23-14)20-11-5-3-4-9(8-11)15(16,17)18/h3-5,8,10H,2,6-7H2,1H3,(H2,19,20,21,22,23). The summed E-state index contributed by atoms with van der Waals surface area (Å²) in [6.07, 6.45) is -2.34. The molecule has 128 valence electrons. The van der Waals surface area contributed by atoms with E-state index in [0.29, 0.717) is 18.6 Å². The zero-order valence-electron chi connectivity index (χ0n) is 12.9. The molecule has 2 N–H and O–H groups in total. The van der Waals surface area contributed by atoms with Gasteiger partial charge in [-0.2, -0.15) is 28.1 Å². The Bertz CT molecular complexity index is 718. The van der Waals surface area contributed by atoms with Crippen LogP contribution in [0.15, 0.2) is 24.3 Å². The van der Waals surface area contributed by atoms with Gasteiger partial charge in [0, 0.05) is 11.7 Å². The molecule has 24 heavy (non-hydrogen) atoms. The Morgan fingerprint density at radius 1 is 1.17 bits per heavy atom. The Balaban J connectivity index is 1.84. The third kappa shape index (κ3) is 4.24. The lowest BCUT2D eigenvalue weighted by Gasteiger charge is -2.11. The van der Waals surface area contributed by atoms with Gasteiger partial charge in [0.15, 0.2) is 0 Å². The number of benzene rings is 1. The number of alkyl halides is 3. The molecule has 1 heterocycles. The van der Waals surface area contributed by atoms with Gasteiger partial charge in [0.1, 0.15) is 0 Å². The predicted molar refractivity (Wildman–Crippen MR) is 82.4 cm³/mol. The number of hydrogen-bond donors (Lipinski definition) is 2. The van der Waals surface area contributed by atoms with E-state index in [4.69, 9.17) is 4.74 Å². The number of rotatable bonds is 6. The van der Waals surface area contributed by atoms with Gasteiger partial charge in [0.2, 0.25) is 11.9 Å². The highest BCUT2D eigenvalue weighted by atomic mass is 19.4. The summed E-state index contributed by atoms with van der Waals surface area (Å²) in [5, 5.41) is 5.88. The third-order valence-electron chi connectivity index (χ3n) is 3.24. The molecule has 2 aromatic rings. The maximum absolute atomic E-state index is 12.8. The Morgan fingerprint density at radius 3 is 2.58 bits per heavy atom. The molecule has 9 heteroatoms. The van der Waals surface area contributed by atoms with Crippen molar-refractivity contribution in [3.05, 3.63) is 29.8 Å². The molecule has 0 aliphatic heterocycles. The fourth-order valence-electron chi connectivity index (χ4n) is 1.98. The SMILES string of the molecule is CCOc1nc(Nc2cccc(C(F)(F)F)c2)nc(NC2CC2)n1. The van der Waals surface area contributed by atoms with Crippen LogP contribution in [0.3, 0.4) is 0 Å². The zero-order valence-corrected chi connectivity index (χ0v) is 12.9. The van der Waals surface area contributed by atoms with E-state index in [0.717, 1.165) is 25.0 Å². The zero-order chi connectivity index (χ0) is 17.2. The molecule has 1 aliphatic carbocycles. The van der Waals surface area contributed by atoms with Crippen molar-refractivity contribution < 1.29 is 17.9 Å². The van der Waals surface area contributed by atoms with Gasteiger partial charge in [-0.1, -0.05) is 6.07 Å². The molecule has 0 saturated heterocycles. The minimum atomic E-state index is -4.41. The Labute approximate surface area is 136 Å². The molecule has 0 bridgehead atoms. The van der Waals surface area contributed by atoms with Crippen LogP contribution in [0.5, 0.6) is 6.01 Å². The van der Waals surface area contributed by atoms with Gasteiger partial charge in [0.05, 0.1) is 12.2 Å². The average Bonchev–Trinajstić information content (AvgIpc) is 3.31. The van der Waals surface area contributed by atoms with Crippen LogP contribution in [-0.4, -0.2) is 27.6 Å². The van der Waals surface area contributed by atoms with Crippen LogP contribution >= 0.6 is 0 Å². The highest BCUT2D eigenvalue weighted by Crippen LogP contribution is 2.31.